The number of para-hydroxylation sites is 1. The third kappa shape index (κ3) is 4.06. The van der Waals surface area contributed by atoms with Crippen LogP contribution in [0.5, 0.6) is 17.2 Å². The smallest absolute Gasteiger partial charge is 0.255 e. The van der Waals surface area contributed by atoms with Crippen molar-refractivity contribution >= 4 is 11.8 Å². The summed E-state index contributed by atoms with van der Waals surface area (Å²) in [5.74, 6) is 1.05. The monoisotopic (exact) mass is 412 g/mol. The normalized spacial score (nSPS) is 15.6. The zero-order valence-corrected chi connectivity index (χ0v) is 18.2. The highest BCUT2D eigenvalue weighted by atomic mass is 16.5. The summed E-state index contributed by atoms with van der Waals surface area (Å²) in [6.45, 7) is 5.92. The molecule has 0 fully saturated rings. The Kier molecular flexibility index (Phi) is 5.92. The topological polar surface area (TPSA) is 77.1 Å². The van der Waals surface area contributed by atoms with Crippen LogP contribution in [-0.4, -0.2) is 43.6 Å². The fourth-order valence-electron chi connectivity index (χ4n) is 3.67. The Morgan fingerprint density at radius 2 is 1.70 bits per heavy atom. The van der Waals surface area contributed by atoms with Gasteiger partial charge in [-0.25, -0.2) is 0 Å². The van der Waals surface area contributed by atoms with Crippen LogP contribution in [0.4, 0.5) is 0 Å². The van der Waals surface area contributed by atoms with Crippen molar-refractivity contribution in [3.8, 4) is 17.2 Å². The van der Waals surface area contributed by atoms with Crippen LogP contribution in [0.2, 0.25) is 0 Å². The van der Waals surface area contributed by atoms with Crippen molar-refractivity contribution < 1.29 is 23.8 Å². The number of carbonyl (C=O) groups is 2. The van der Waals surface area contributed by atoms with E-state index in [1.165, 1.54) is 14.2 Å². The van der Waals surface area contributed by atoms with Crippen molar-refractivity contribution in [2.24, 2.45) is 0 Å². The first kappa shape index (κ1) is 21.5. The van der Waals surface area contributed by atoms with E-state index in [-0.39, 0.29) is 18.4 Å². The molecule has 0 saturated heterocycles. The van der Waals surface area contributed by atoms with Gasteiger partial charge in [0.25, 0.3) is 5.91 Å². The standard InChI is InChI=1S/C23H28N2O5/c1-23(2,3)24-21(26)20-19-16(11-15(28-4)12-18(19)30-6)22(27)25(20)13-14-9-7-8-10-17(14)29-5/h7-12,20H,13H2,1-6H3,(H,24,26). The molecule has 0 aromatic heterocycles. The molecule has 0 aliphatic carbocycles. The first-order valence-corrected chi connectivity index (χ1v) is 9.71. The van der Waals surface area contributed by atoms with Crippen molar-refractivity contribution in [1.82, 2.24) is 10.2 Å². The highest BCUT2D eigenvalue weighted by molar-refractivity contribution is 6.06. The molecule has 30 heavy (non-hydrogen) atoms. The second-order valence-electron chi connectivity index (χ2n) is 8.18. The molecule has 0 radical (unpaired) electrons. The molecule has 1 heterocycles. The Hall–Kier alpha value is -3.22. The van der Waals surface area contributed by atoms with Crippen molar-refractivity contribution in [2.45, 2.75) is 38.9 Å². The van der Waals surface area contributed by atoms with Gasteiger partial charge in [-0.1, -0.05) is 18.2 Å². The van der Waals surface area contributed by atoms with E-state index in [1.807, 2.05) is 45.0 Å². The minimum absolute atomic E-state index is 0.214. The summed E-state index contributed by atoms with van der Waals surface area (Å²) in [6.07, 6.45) is 0. The van der Waals surface area contributed by atoms with Crippen molar-refractivity contribution in [1.29, 1.82) is 0 Å². The summed E-state index contributed by atoms with van der Waals surface area (Å²) in [5, 5.41) is 3.00. The second kappa shape index (κ2) is 8.26. The maximum atomic E-state index is 13.4. The Morgan fingerprint density at radius 1 is 1.03 bits per heavy atom. The molecule has 7 heteroatoms. The van der Waals surface area contributed by atoms with Crippen LogP contribution in [0.1, 0.15) is 48.3 Å². The molecule has 2 aromatic carbocycles. The first-order chi connectivity index (χ1) is 14.2. The average Bonchev–Trinajstić information content (AvgIpc) is 2.98. The summed E-state index contributed by atoms with van der Waals surface area (Å²) < 4.78 is 16.3. The predicted octanol–water partition coefficient (Wildman–Crippen LogP) is 3.32. The SMILES string of the molecule is COc1cc(OC)c2c(c1)C(=O)N(Cc1ccccc1OC)C2C(=O)NC(C)(C)C. The van der Waals surface area contributed by atoms with Gasteiger partial charge < -0.3 is 24.4 Å². The number of fused-ring (bicyclic) bond motifs is 1. The van der Waals surface area contributed by atoms with Crippen LogP contribution in [-0.2, 0) is 11.3 Å². The van der Waals surface area contributed by atoms with Gasteiger partial charge in [0.1, 0.15) is 23.3 Å². The fourth-order valence-corrected chi connectivity index (χ4v) is 3.67. The number of ether oxygens (including phenoxy) is 3. The largest absolute Gasteiger partial charge is 0.497 e. The summed E-state index contributed by atoms with van der Waals surface area (Å²) in [4.78, 5) is 28.3. The van der Waals surface area contributed by atoms with Gasteiger partial charge in [0.15, 0.2) is 0 Å². The van der Waals surface area contributed by atoms with E-state index >= 15 is 0 Å². The van der Waals surface area contributed by atoms with Crippen molar-refractivity contribution in [2.75, 3.05) is 21.3 Å². The van der Waals surface area contributed by atoms with Crippen molar-refractivity contribution in [3.05, 3.63) is 53.1 Å². The Balaban J connectivity index is 2.12. The third-order valence-corrected chi connectivity index (χ3v) is 4.93. The minimum atomic E-state index is -0.836. The molecular weight excluding hydrogens is 384 g/mol. The molecule has 2 amide bonds. The fraction of sp³-hybridized carbons (Fsp3) is 0.391. The Bertz CT molecular complexity index is 965. The minimum Gasteiger partial charge on any atom is -0.497 e. The summed E-state index contributed by atoms with van der Waals surface area (Å²) in [5.41, 5.74) is 1.29. The predicted molar refractivity (Wildman–Crippen MR) is 113 cm³/mol. The zero-order chi connectivity index (χ0) is 22.1. The second-order valence-corrected chi connectivity index (χ2v) is 8.18. The van der Waals surface area contributed by atoms with Crippen LogP contribution < -0.4 is 19.5 Å². The molecule has 1 unspecified atom stereocenters. The number of nitrogens with zero attached hydrogens (tertiary/aromatic N) is 1. The van der Waals surface area contributed by atoms with E-state index < -0.39 is 11.6 Å². The highest BCUT2D eigenvalue weighted by Crippen LogP contribution is 2.43. The van der Waals surface area contributed by atoms with E-state index in [1.54, 1.807) is 24.1 Å². The van der Waals surface area contributed by atoms with Gasteiger partial charge in [0.05, 0.1) is 33.4 Å². The molecule has 1 aliphatic rings. The summed E-state index contributed by atoms with van der Waals surface area (Å²) in [7, 11) is 4.62. The number of amides is 2. The Morgan fingerprint density at radius 3 is 2.30 bits per heavy atom. The first-order valence-electron chi connectivity index (χ1n) is 9.71. The summed E-state index contributed by atoms with van der Waals surface area (Å²) >= 11 is 0. The molecule has 1 atom stereocenters. The molecule has 7 nitrogen and oxygen atoms in total. The van der Waals surface area contributed by atoms with Crippen LogP contribution in [0.15, 0.2) is 36.4 Å². The third-order valence-electron chi connectivity index (χ3n) is 4.93. The molecule has 1 N–H and O–H groups in total. The van der Waals surface area contributed by atoms with E-state index in [2.05, 4.69) is 5.32 Å². The number of carbonyl (C=O) groups excluding carboxylic acids is 2. The Labute approximate surface area is 176 Å². The van der Waals surface area contributed by atoms with Crippen molar-refractivity contribution in [3.63, 3.8) is 0 Å². The van der Waals surface area contributed by atoms with Crippen LogP contribution in [0.3, 0.4) is 0 Å². The molecule has 2 aromatic rings. The molecule has 0 saturated carbocycles. The lowest BCUT2D eigenvalue weighted by atomic mass is 10.00. The molecule has 0 spiro atoms. The molecule has 3 rings (SSSR count). The number of nitrogens with one attached hydrogen (secondary N) is 1. The molecule has 160 valence electrons. The lowest BCUT2D eigenvalue weighted by Gasteiger charge is -2.29. The number of hydrogen-bond donors (Lipinski definition) is 1. The van der Waals surface area contributed by atoms with E-state index in [0.717, 1.165) is 5.56 Å². The lowest BCUT2D eigenvalue weighted by Crippen LogP contribution is -2.46. The van der Waals surface area contributed by atoms with E-state index in [0.29, 0.717) is 28.4 Å². The van der Waals surface area contributed by atoms with Gasteiger partial charge in [-0.2, -0.15) is 0 Å². The van der Waals surface area contributed by atoms with E-state index in [4.69, 9.17) is 14.2 Å². The van der Waals surface area contributed by atoms with Gasteiger partial charge >= 0.3 is 0 Å². The number of benzene rings is 2. The van der Waals surface area contributed by atoms with Gasteiger partial charge in [-0.05, 0) is 32.9 Å². The summed E-state index contributed by atoms with van der Waals surface area (Å²) in [6, 6.07) is 9.95. The van der Waals surface area contributed by atoms with Gasteiger partial charge in [-0.3, -0.25) is 9.59 Å². The van der Waals surface area contributed by atoms with Gasteiger partial charge in [-0.15, -0.1) is 0 Å². The maximum absolute atomic E-state index is 13.4. The zero-order valence-electron chi connectivity index (χ0n) is 18.2. The quantitative estimate of drug-likeness (QED) is 0.788. The van der Waals surface area contributed by atoms with Crippen LogP contribution in [0.25, 0.3) is 0 Å². The maximum Gasteiger partial charge on any atom is 0.255 e. The van der Waals surface area contributed by atoms with Gasteiger partial charge in [0, 0.05) is 22.7 Å². The average molecular weight is 412 g/mol. The number of methoxy groups -OCH3 is 3. The molecule has 0 bridgehead atoms. The molecular formula is C23H28N2O5. The van der Waals surface area contributed by atoms with Crippen LogP contribution in [0, 0.1) is 0 Å². The number of rotatable bonds is 6. The van der Waals surface area contributed by atoms with E-state index in [9.17, 15) is 9.59 Å². The highest BCUT2D eigenvalue weighted by Gasteiger charge is 2.44. The van der Waals surface area contributed by atoms with Crippen LogP contribution >= 0.6 is 0 Å². The lowest BCUT2D eigenvalue weighted by molar-refractivity contribution is -0.127. The number of hydrogen-bond acceptors (Lipinski definition) is 5. The molecule has 1 aliphatic heterocycles. The van der Waals surface area contributed by atoms with Gasteiger partial charge in [0.2, 0.25) is 5.91 Å².